The monoisotopic (exact) mass is 408 g/mol. The van der Waals surface area contributed by atoms with Crippen molar-refractivity contribution in [1.29, 1.82) is 0 Å². The molecule has 29 heavy (non-hydrogen) atoms. The predicted octanol–water partition coefficient (Wildman–Crippen LogP) is 3.74. The molecule has 0 bridgehead atoms. The van der Waals surface area contributed by atoms with Gasteiger partial charge in [-0.1, -0.05) is 29.8 Å². The van der Waals surface area contributed by atoms with Gasteiger partial charge in [-0.15, -0.1) is 0 Å². The first-order valence-electron chi connectivity index (χ1n) is 9.36. The number of amides is 1. The smallest absolute Gasteiger partial charge is 0.271 e. The van der Waals surface area contributed by atoms with Crippen LogP contribution in [0.1, 0.15) is 28.8 Å². The van der Waals surface area contributed by atoms with Crippen LogP contribution < -0.4 is 5.32 Å². The van der Waals surface area contributed by atoms with Crippen LogP contribution in [0.3, 0.4) is 0 Å². The van der Waals surface area contributed by atoms with Crippen molar-refractivity contribution in [3.05, 3.63) is 65.0 Å². The first kappa shape index (κ1) is 19.1. The van der Waals surface area contributed by atoms with Gasteiger partial charge in [-0.05, 0) is 19.9 Å². The van der Waals surface area contributed by atoms with Gasteiger partial charge < -0.3 is 9.88 Å². The zero-order valence-corrected chi connectivity index (χ0v) is 17.2. The van der Waals surface area contributed by atoms with Crippen molar-refractivity contribution in [3.63, 3.8) is 0 Å². The lowest BCUT2D eigenvalue weighted by Gasteiger charge is -2.11. The van der Waals surface area contributed by atoms with E-state index < -0.39 is 0 Å². The molecule has 7 nitrogen and oxygen atoms in total. The molecule has 0 spiro atoms. The number of carbonyl (C=O) groups is 1. The van der Waals surface area contributed by atoms with E-state index in [9.17, 15) is 4.79 Å². The Bertz CT molecular complexity index is 1210. The summed E-state index contributed by atoms with van der Waals surface area (Å²) < 4.78 is 3.65. The topological polar surface area (TPSA) is 77.6 Å². The van der Waals surface area contributed by atoms with Crippen LogP contribution in [0.4, 0.5) is 0 Å². The number of carbonyl (C=O) groups excluding carboxylic acids is 1. The number of halogens is 1. The van der Waals surface area contributed by atoms with Crippen molar-refractivity contribution < 1.29 is 4.79 Å². The number of nitrogens with zero attached hydrogens (tertiary/aromatic N) is 5. The number of para-hydroxylation sites is 1. The van der Waals surface area contributed by atoms with Gasteiger partial charge in [0.25, 0.3) is 5.91 Å². The van der Waals surface area contributed by atoms with Gasteiger partial charge in [0.05, 0.1) is 16.9 Å². The summed E-state index contributed by atoms with van der Waals surface area (Å²) >= 11 is 6.14. The molecule has 4 aromatic rings. The molecular weight excluding hydrogens is 388 g/mol. The van der Waals surface area contributed by atoms with Crippen LogP contribution in [-0.4, -0.2) is 30.2 Å². The molecule has 0 aliphatic heterocycles. The first-order valence-corrected chi connectivity index (χ1v) is 9.73. The molecule has 1 N–H and O–H groups in total. The average Bonchev–Trinajstić information content (AvgIpc) is 3.27. The van der Waals surface area contributed by atoms with Crippen LogP contribution in [0.25, 0.3) is 22.2 Å². The summed E-state index contributed by atoms with van der Waals surface area (Å²) in [5, 5.41) is 8.49. The molecule has 0 unspecified atom stereocenters. The molecule has 0 fully saturated rings. The van der Waals surface area contributed by atoms with E-state index in [1.807, 2.05) is 33.0 Å². The number of hydrogen-bond acceptors (Lipinski definition) is 4. The number of aromatic nitrogens is 5. The van der Waals surface area contributed by atoms with Crippen LogP contribution in [-0.2, 0) is 20.1 Å². The highest BCUT2D eigenvalue weighted by atomic mass is 35.5. The SMILES string of the molecule is CCn1ncc(Cl)c1C(=O)NCc1cnc(C)nc1-c1cn(C)c2ccccc12. The maximum Gasteiger partial charge on any atom is 0.271 e. The number of fused-ring (bicyclic) bond motifs is 1. The van der Waals surface area contributed by atoms with Gasteiger partial charge >= 0.3 is 0 Å². The lowest BCUT2D eigenvalue weighted by atomic mass is 10.1. The molecule has 0 atom stereocenters. The maximum absolute atomic E-state index is 12.7. The van der Waals surface area contributed by atoms with Gasteiger partial charge in [0, 0.05) is 54.6 Å². The molecule has 0 aliphatic rings. The van der Waals surface area contributed by atoms with Gasteiger partial charge in [0.15, 0.2) is 0 Å². The summed E-state index contributed by atoms with van der Waals surface area (Å²) in [5.74, 6) is 0.397. The molecule has 1 amide bonds. The fraction of sp³-hybridized carbons (Fsp3) is 0.238. The minimum absolute atomic E-state index is 0.279. The van der Waals surface area contributed by atoms with Crippen LogP contribution in [0.15, 0.2) is 42.9 Å². The van der Waals surface area contributed by atoms with Crippen molar-refractivity contribution in [1.82, 2.24) is 29.6 Å². The molecule has 0 saturated heterocycles. The van der Waals surface area contributed by atoms with E-state index in [-0.39, 0.29) is 12.5 Å². The largest absolute Gasteiger partial charge is 0.350 e. The third-order valence-corrected chi connectivity index (χ3v) is 5.16. The third kappa shape index (κ3) is 3.49. The standard InChI is InChI=1S/C21H21ClN6O/c1-4-28-20(17(22)11-25-28)21(29)24-10-14-9-23-13(2)26-19(14)16-12-27(3)18-8-6-5-7-15(16)18/h5-9,11-12H,4,10H2,1-3H3,(H,24,29). The third-order valence-electron chi connectivity index (χ3n) is 4.89. The highest BCUT2D eigenvalue weighted by Crippen LogP contribution is 2.31. The minimum atomic E-state index is -0.279. The number of nitrogens with one attached hydrogen (secondary N) is 1. The summed E-state index contributed by atoms with van der Waals surface area (Å²) in [4.78, 5) is 21.7. The lowest BCUT2D eigenvalue weighted by molar-refractivity contribution is 0.0940. The number of rotatable bonds is 5. The van der Waals surface area contributed by atoms with E-state index in [0.29, 0.717) is 23.1 Å². The molecule has 0 saturated carbocycles. The molecule has 3 heterocycles. The van der Waals surface area contributed by atoms with Crippen molar-refractivity contribution in [2.75, 3.05) is 0 Å². The van der Waals surface area contributed by atoms with E-state index in [2.05, 4.69) is 43.3 Å². The normalized spacial score (nSPS) is 11.2. The van der Waals surface area contributed by atoms with Gasteiger partial charge in [0.2, 0.25) is 0 Å². The fourth-order valence-corrected chi connectivity index (χ4v) is 3.70. The van der Waals surface area contributed by atoms with E-state index >= 15 is 0 Å². The van der Waals surface area contributed by atoms with Crippen LogP contribution >= 0.6 is 11.6 Å². The molecule has 8 heteroatoms. The number of aryl methyl sites for hydroxylation is 3. The zero-order chi connectivity index (χ0) is 20.5. The van der Waals surface area contributed by atoms with Crippen LogP contribution in [0, 0.1) is 6.92 Å². The summed E-state index contributed by atoms with van der Waals surface area (Å²) in [6.07, 6.45) is 5.30. The van der Waals surface area contributed by atoms with E-state index in [4.69, 9.17) is 11.6 Å². The Kier molecular flexibility index (Phi) is 5.07. The quantitative estimate of drug-likeness (QED) is 0.545. The summed E-state index contributed by atoms with van der Waals surface area (Å²) in [5.41, 5.74) is 4.12. The van der Waals surface area contributed by atoms with Gasteiger partial charge in [0.1, 0.15) is 11.5 Å². The van der Waals surface area contributed by atoms with E-state index in [1.165, 1.54) is 6.20 Å². The van der Waals surface area contributed by atoms with Crippen molar-refractivity contribution in [3.8, 4) is 11.3 Å². The summed E-state index contributed by atoms with van der Waals surface area (Å²) in [6.45, 7) is 4.61. The molecule has 1 aromatic carbocycles. The van der Waals surface area contributed by atoms with Gasteiger partial charge in [-0.2, -0.15) is 5.10 Å². The minimum Gasteiger partial charge on any atom is -0.350 e. The molecule has 0 aliphatic carbocycles. The number of hydrogen-bond donors (Lipinski definition) is 1. The fourth-order valence-electron chi connectivity index (χ4n) is 3.48. The first-order chi connectivity index (χ1) is 14.0. The molecule has 148 valence electrons. The summed E-state index contributed by atoms with van der Waals surface area (Å²) in [7, 11) is 2.01. The predicted molar refractivity (Wildman–Crippen MR) is 113 cm³/mol. The molecule has 4 rings (SSSR count). The Morgan fingerprint density at radius 3 is 2.83 bits per heavy atom. The van der Waals surface area contributed by atoms with Gasteiger partial charge in [-0.3, -0.25) is 9.48 Å². The Labute approximate surface area is 173 Å². The Morgan fingerprint density at radius 2 is 2.03 bits per heavy atom. The second-order valence-electron chi connectivity index (χ2n) is 6.80. The van der Waals surface area contributed by atoms with Gasteiger partial charge in [-0.25, -0.2) is 9.97 Å². The Hall–Kier alpha value is -3.19. The molecule has 3 aromatic heterocycles. The van der Waals surface area contributed by atoms with Crippen molar-refractivity contribution >= 4 is 28.4 Å². The molecular formula is C21H21ClN6O. The van der Waals surface area contributed by atoms with Crippen molar-refractivity contribution in [2.45, 2.75) is 26.9 Å². The second kappa shape index (κ2) is 7.67. The van der Waals surface area contributed by atoms with E-state index in [0.717, 1.165) is 27.7 Å². The highest BCUT2D eigenvalue weighted by molar-refractivity contribution is 6.33. The van der Waals surface area contributed by atoms with E-state index in [1.54, 1.807) is 10.9 Å². The van der Waals surface area contributed by atoms with Crippen LogP contribution in [0.2, 0.25) is 5.02 Å². The highest BCUT2D eigenvalue weighted by Gasteiger charge is 2.19. The second-order valence-corrected chi connectivity index (χ2v) is 7.21. The number of benzene rings is 1. The van der Waals surface area contributed by atoms with Crippen molar-refractivity contribution in [2.24, 2.45) is 7.05 Å². The summed E-state index contributed by atoms with van der Waals surface area (Å²) in [6, 6.07) is 8.17. The maximum atomic E-state index is 12.7. The van der Waals surface area contributed by atoms with Crippen LogP contribution in [0.5, 0.6) is 0 Å². The Balaban J connectivity index is 1.69. The molecule has 0 radical (unpaired) electrons. The lowest BCUT2D eigenvalue weighted by Crippen LogP contribution is -2.26. The average molecular weight is 409 g/mol. The Morgan fingerprint density at radius 1 is 1.24 bits per heavy atom. The zero-order valence-electron chi connectivity index (χ0n) is 16.5.